The molecular weight excluding hydrogens is 314 g/mol. The van der Waals surface area contributed by atoms with Crippen LogP contribution in [0.1, 0.15) is 32.3 Å². The standard InChI is InChI=1S/C17H25NO4S/c1-17(2,14-8-10-18-11-9-14)22-16(19)12-13-4-6-15(7-5-13)23(3,20)21/h4-7,14,18H,8-12H2,1-3H3. The second-order valence-electron chi connectivity index (χ2n) is 6.69. The van der Waals surface area contributed by atoms with Gasteiger partial charge >= 0.3 is 5.97 Å². The van der Waals surface area contributed by atoms with Crippen LogP contribution in [0.5, 0.6) is 0 Å². The van der Waals surface area contributed by atoms with E-state index in [9.17, 15) is 13.2 Å². The van der Waals surface area contributed by atoms with Crippen molar-refractivity contribution < 1.29 is 17.9 Å². The largest absolute Gasteiger partial charge is 0.459 e. The van der Waals surface area contributed by atoms with E-state index < -0.39 is 15.4 Å². The van der Waals surface area contributed by atoms with Gasteiger partial charge in [0.25, 0.3) is 0 Å². The van der Waals surface area contributed by atoms with Crippen LogP contribution in [0.3, 0.4) is 0 Å². The summed E-state index contributed by atoms with van der Waals surface area (Å²) in [5.41, 5.74) is 0.273. The van der Waals surface area contributed by atoms with E-state index in [1.54, 1.807) is 12.1 Å². The maximum absolute atomic E-state index is 12.2. The lowest BCUT2D eigenvalue weighted by Gasteiger charge is -2.36. The molecule has 0 aromatic heterocycles. The molecule has 0 spiro atoms. The normalized spacial score (nSPS) is 17.0. The number of sulfone groups is 1. The molecular formula is C17H25NO4S. The lowest BCUT2D eigenvalue weighted by atomic mass is 9.83. The lowest BCUT2D eigenvalue weighted by Crippen LogP contribution is -2.43. The molecule has 1 aliphatic heterocycles. The summed E-state index contributed by atoms with van der Waals surface area (Å²) >= 11 is 0. The Morgan fingerprint density at radius 2 is 1.78 bits per heavy atom. The molecule has 0 saturated carbocycles. The molecule has 6 heteroatoms. The Morgan fingerprint density at radius 1 is 1.22 bits per heavy atom. The van der Waals surface area contributed by atoms with Gasteiger partial charge in [-0.25, -0.2) is 8.42 Å². The number of hydrogen-bond donors (Lipinski definition) is 1. The summed E-state index contributed by atoms with van der Waals surface area (Å²) < 4.78 is 28.6. The molecule has 1 aromatic carbocycles. The quantitative estimate of drug-likeness (QED) is 0.830. The highest BCUT2D eigenvalue weighted by Gasteiger charge is 2.34. The van der Waals surface area contributed by atoms with Crippen molar-refractivity contribution in [3.8, 4) is 0 Å². The summed E-state index contributed by atoms with van der Waals surface area (Å²) in [6, 6.07) is 6.37. The number of piperidine rings is 1. The molecule has 1 aromatic rings. The van der Waals surface area contributed by atoms with Crippen LogP contribution in [0, 0.1) is 5.92 Å². The predicted molar refractivity (Wildman–Crippen MR) is 89.0 cm³/mol. The highest BCUT2D eigenvalue weighted by Crippen LogP contribution is 2.29. The third-order valence-corrected chi connectivity index (χ3v) is 5.53. The molecule has 23 heavy (non-hydrogen) atoms. The molecule has 0 aliphatic carbocycles. The predicted octanol–water partition coefficient (Wildman–Crippen LogP) is 1.95. The van der Waals surface area contributed by atoms with Gasteiger partial charge in [-0.05, 0) is 57.5 Å². The molecule has 0 bridgehead atoms. The van der Waals surface area contributed by atoms with Crippen LogP contribution in [-0.2, 0) is 25.8 Å². The smallest absolute Gasteiger partial charge is 0.310 e. The van der Waals surface area contributed by atoms with Crippen molar-refractivity contribution >= 4 is 15.8 Å². The first-order valence-electron chi connectivity index (χ1n) is 7.90. The molecule has 128 valence electrons. The monoisotopic (exact) mass is 339 g/mol. The zero-order valence-corrected chi connectivity index (χ0v) is 14.8. The minimum absolute atomic E-state index is 0.151. The average molecular weight is 339 g/mol. The first kappa shape index (κ1) is 17.9. The molecule has 1 heterocycles. The molecule has 0 radical (unpaired) electrons. The molecule has 1 N–H and O–H groups in total. The molecule has 2 rings (SSSR count). The highest BCUT2D eigenvalue weighted by molar-refractivity contribution is 7.90. The van der Waals surface area contributed by atoms with Gasteiger partial charge in [0.15, 0.2) is 9.84 Å². The molecule has 0 unspecified atom stereocenters. The Balaban J connectivity index is 1.96. The van der Waals surface area contributed by atoms with Crippen molar-refractivity contribution in [3.05, 3.63) is 29.8 Å². The van der Waals surface area contributed by atoms with Gasteiger partial charge in [-0.15, -0.1) is 0 Å². The highest BCUT2D eigenvalue weighted by atomic mass is 32.2. The maximum Gasteiger partial charge on any atom is 0.310 e. The number of ether oxygens (including phenoxy) is 1. The Bertz CT molecular complexity index is 644. The topological polar surface area (TPSA) is 72.5 Å². The SMILES string of the molecule is CC(C)(OC(=O)Cc1ccc(S(C)(=O)=O)cc1)C1CCNCC1. The van der Waals surface area contributed by atoms with Crippen molar-refractivity contribution in [3.63, 3.8) is 0 Å². The Morgan fingerprint density at radius 3 is 2.30 bits per heavy atom. The summed E-state index contributed by atoms with van der Waals surface area (Å²) in [4.78, 5) is 12.5. The number of rotatable bonds is 5. The maximum atomic E-state index is 12.2. The van der Waals surface area contributed by atoms with Crippen LogP contribution >= 0.6 is 0 Å². The number of esters is 1. The molecule has 1 fully saturated rings. The number of nitrogens with one attached hydrogen (secondary N) is 1. The van der Waals surface area contributed by atoms with Crippen LogP contribution in [0.4, 0.5) is 0 Å². The number of carbonyl (C=O) groups is 1. The van der Waals surface area contributed by atoms with Gasteiger partial charge in [0.05, 0.1) is 11.3 Å². The molecule has 1 aliphatic rings. The third kappa shape index (κ3) is 5.04. The number of benzene rings is 1. The second kappa shape index (κ2) is 7.01. The first-order valence-corrected chi connectivity index (χ1v) is 9.79. The fraction of sp³-hybridized carbons (Fsp3) is 0.588. The average Bonchev–Trinajstić information content (AvgIpc) is 2.47. The van der Waals surface area contributed by atoms with Crippen LogP contribution < -0.4 is 5.32 Å². The van der Waals surface area contributed by atoms with Gasteiger partial charge < -0.3 is 10.1 Å². The van der Waals surface area contributed by atoms with Crippen LogP contribution in [0.15, 0.2) is 29.2 Å². The molecule has 0 atom stereocenters. The van der Waals surface area contributed by atoms with Gasteiger partial charge in [-0.2, -0.15) is 0 Å². The summed E-state index contributed by atoms with van der Waals surface area (Å²) in [5.74, 6) is 0.0842. The van der Waals surface area contributed by atoms with Gasteiger partial charge in [0.1, 0.15) is 5.60 Å². The fourth-order valence-electron chi connectivity index (χ4n) is 2.95. The van der Waals surface area contributed by atoms with Gasteiger partial charge in [-0.1, -0.05) is 12.1 Å². The zero-order valence-electron chi connectivity index (χ0n) is 14.0. The van der Waals surface area contributed by atoms with Crippen LogP contribution in [0.2, 0.25) is 0 Å². The van der Waals surface area contributed by atoms with E-state index in [1.165, 1.54) is 12.1 Å². The van der Waals surface area contributed by atoms with Crippen molar-refractivity contribution in [2.45, 2.75) is 43.6 Å². The van der Waals surface area contributed by atoms with Crippen LogP contribution in [0.25, 0.3) is 0 Å². The summed E-state index contributed by atoms with van der Waals surface area (Å²) in [5, 5.41) is 3.31. The van der Waals surface area contributed by atoms with E-state index in [-0.39, 0.29) is 17.3 Å². The second-order valence-corrected chi connectivity index (χ2v) is 8.71. The van der Waals surface area contributed by atoms with Crippen molar-refractivity contribution in [2.75, 3.05) is 19.3 Å². The van der Waals surface area contributed by atoms with Crippen molar-refractivity contribution in [2.24, 2.45) is 5.92 Å². The molecule has 0 amide bonds. The van der Waals surface area contributed by atoms with E-state index >= 15 is 0 Å². The van der Waals surface area contributed by atoms with Crippen molar-refractivity contribution in [1.29, 1.82) is 0 Å². The van der Waals surface area contributed by atoms with Crippen LogP contribution in [-0.4, -0.2) is 39.3 Å². The fourth-order valence-corrected chi connectivity index (χ4v) is 3.58. The first-order chi connectivity index (χ1) is 10.7. The van der Waals surface area contributed by atoms with E-state index in [0.29, 0.717) is 5.92 Å². The number of hydrogen-bond acceptors (Lipinski definition) is 5. The van der Waals surface area contributed by atoms with E-state index in [0.717, 1.165) is 37.8 Å². The van der Waals surface area contributed by atoms with Gasteiger partial charge in [0.2, 0.25) is 0 Å². The Kier molecular flexibility index (Phi) is 5.47. The summed E-state index contributed by atoms with van der Waals surface area (Å²) in [6.07, 6.45) is 3.32. The molecule has 1 saturated heterocycles. The zero-order chi connectivity index (χ0) is 17.1. The van der Waals surface area contributed by atoms with Gasteiger partial charge in [0, 0.05) is 12.2 Å². The summed E-state index contributed by atoms with van der Waals surface area (Å²) in [7, 11) is -3.21. The van der Waals surface area contributed by atoms with E-state index in [1.807, 2.05) is 13.8 Å². The lowest BCUT2D eigenvalue weighted by molar-refractivity contribution is -0.161. The number of carbonyl (C=O) groups excluding carboxylic acids is 1. The Labute approximate surface area is 138 Å². The minimum atomic E-state index is -3.21. The molecule has 5 nitrogen and oxygen atoms in total. The van der Waals surface area contributed by atoms with E-state index in [4.69, 9.17) is 4.74 Å². The van der Waals surface area contributed by atoms with E-state index in [2.05, 4.69) is 5.32 Å². The minimum Gasteiger partial charge on any atom is -0.459 e. The van der Waals surface area contributed by atoms with Gasteiger partial charge in [-0.3, -0.25) is 4.79 Å². The summed E-state index contributed by atoms with van der Waals surface area (Å²) in [6.45, 7) is 5.85. The van der Waals surface area contributed by atoms with Crippen molar-refractivity contribution in [1.82, 2.24) is 5.32 Å². The Hall–Kier alpha value is -1.40. The third-order valence-electron chi connectivity index (χ3n) is 4.40.